The number of aromatic nitrogens is 2. The number of hydrogen-bond donors (Lipinski definition) is 0. The number of pyridine rings is 1. The second-order valence-electron chi connectivity index (χ2n) is 6.27. The minimum absolute atomic E-state index is 0.0259. The fraction of sp³-hybridized carbons (Fsp3) is 0.0909. The van der Waals surface area contributed by atoms with Crippen LogP contribution < -0.4 is 4.90 Å². The lowest BCUT2D eigenvalue weighted by Gasteiger charge is -2.23. The van der Waals surface area contributed by atoms with Crippen molar-refractivity contribution in [2.45, 2.75) is 13.5 Å². The first kappa shape index (κ1) is 16.1. The molecular formula is C22H19N3O. The molecule has 2 aromatic carbocycles. The van der Waals surface area contributed by atoms with Crippen LogP contribution in [0.5, 0.6) is 0 Å². The van der Waals surface area contributed by atoms with Crippen molar-refractivity contribution in [1.82, 2.24) is 9.38 Å². The fourth-order valence-corrected chi connectivity index (χ4v) is 3.00. The van der Waals surface area contributed by atoms with E-state index < -0.39 is 0 Å². The first-order valence-electron chi connectivity index (χ1n) is 8.57. The Kier molecular flexibility index (Phi) is 4.23. The molecule has 0 spiro atoms. The summed E-state index contributed by atoms with van der Waals surface area (Å²) in [6, 6.07) is 23.3. The monoisotopic (exact) mass is 341 g/mol. The molecule has 0 saturated carbocycles. The molecule has 0 saturated heterocycles. The third-order valence-corrected chi connectivity index (χ3v) is 4.43. The molecular weight excluding hydrogens is 322 g/mol. The van der Waals surface area contributed by atoms with Crippen LogP contribution in [0.1, 0.15) is 21.6 Å². The summed E-state index contributed by atoms with van der Waals surface area (Å²) in [5.41, 5.74) is 4.51. The second-order valence-corrected chi connectivity index (χ2v) is 6.27. The molecule has 2 heterocycles. The van der Waals surface area contributed by atoms with Crippen molar-refractivity contribution in [3.63, 3.8) is 0 Å². The topological polar surface area (TPSA) is 37.6 Å². The first-order chi connectivity index (χ1) is 12.7. The number of imidazole rings is 1. The maximum atomic E-state index is 13.2. The van der Waals surface area contributed by atoms with Crippen molar-refractivity contribution < 1.29 is 4.79 Å². The smallest absolute Gasteiger partial charge is 0.258 e. The average Bonchev–Trinajstić information content (AvgIpc) is 3.10. The molecule has 2 aromatic heterocycles. The Morgan fingerprint density at radius 3 is 2.46 bits per heavy atom. The van der Waals surface area contributed by atoms with Gasteiger partial charge in [-0.25, -0.2) is 4.98 Å². The van der Waals surface area contributed by atoms with E-state index in [1.54, 1.807) is 4.90 Å². The summed E-state index contributed by atoms with van der Waals surface area (Å²) in [5.74, 6) is -0.0259. The molecule has 4 aromatic rings. The number of benzene rings is 2. The molecule has 0 aliphatic heterocycles. The van der Waals surface area contributed by atoms with Gasteiger partial charge in [-0.2, -0.15) is 0 Å². The van der Waals surface area contributed by atoms with E-state index in [0.29, 0.717) is 12.1 Å². The normalized spacial score (nSPS) is 10.8. The first-order valence-corrected chi connectivity index (χ1v) is 8.57. The number of carbonyl (C=O) groups excluding carboxylic acids is 1. The predicted octanol–water partition coefficient (Wildman–Crippen LogP) is 4.49. The SMILES string of the molecule is Cc1ccc(C(=O)N(Cc2cnc3ccccn23)c2ccccc2)cc1. The van der Waals surface area contributed by atoms with Gasteiger partial charge in [0.15, 0.2) is 0 Å². The Morgan fingerprint density at radius 2 is 1.69 bits per heavy atom. The van der Waals surface area contributed by atoms with Gasteiger partial charge in [0, 0.05) is 17.4 Å². The number of nitrogens with zero attached hydrogens (tertiary/aromatic N) is 3. The van der Waals surface area contributed by atoms with Gasteiger partial charge in [-0.05, 0) is 43.3 Å². The van der Waals surface area contributed by atoms with E-state index >= 15 is 0 Å². The summed E-state index contributed by atoms with van der Waals surface area (Å²) in [6.45, 7) is 2.46. The summed E-state index contributed by atoms with van der Waals surface area (Å²) >= 11 is 0. The van der Waals surface area contributed by atoms with Crippen molar-refractivity contribution in [3.05, 3.63) is 102 Å². The molecule has 26 heavy (non-hydrogen) atoms. The third-order valence-electron chi connectivity index (χ3n) is 4.43. The quantitative estimate of drug-likeness (QED) is 0.548. The number of fused-ring (bicyclic) bond motifs is 1. The molecule has 0 aliphatic carbocycles. The Bertz CT molecular complexity index is 1040. The average molecular weight is 341 g/mol. The van der Waals surface area contributed by atoms with E-state index in [2.05, 4.69) is 4.98 Å². The number of carbonyl (C=O) groups is 1. The number of amides is 1. The van der Waals surface area contributed by atoms with Crippen LogP contribution in [0.2, 0.25) is 0 Å². The molecule has 128 valence electrons. The van der Waals surface area contributed by atoms with E-state index in [9.17, 15) is 4.79 Å². The van der Waals surface area contributed by atoms with Crippen LogP contribution in [-0.4, -0.2) is 15.3 Å². The van der Waals surface area contributed by atoms with Crippen LogP contribution in [0.3, 0.4) is 0 Å². The molecule has 0 N–H and O–H groups in total. The lowest BCUT2D eigenvalue weighted by atomic mass is 10.1. The van der Waals surface area contributed by atoms with E-state index in [0.717, 1.165) is 22.6 Å². The number of hydrogen-bond acceptors (Lipinski definition) is 2. The van der Waals surface area contributed by atoms with E-state index in [1.807, 2.05) is 96.5 Å². The molecule has 0 aliphatic rings. The van der Waals surface area contributed by atoms with Gasteiger partial charge in [0.25, 0.3) is 5.91 Å². The minimum Gasteiger partial charge on any atom is -0.302 e. The number of para-hydroxylation sites is 1. The Balaban J connectivity index is 1.74. The highest BCUT2D eigenvalue weighted by molar-refractivity contribution is 6.06. The lowest BCUT2D eigenvalue weighted by Crippen LogP contribution is -2.30. The third kappa shape index (κ3) is 3.09. The lowest BCUT2D eigenvalue weighted by molar-refractivity contribution is 0.0985. The van der Waals surface area contributed by atoms with E-state index in [4.69, 9.17) is 0 Å². The van der Waals surface area contributed by atoms with Crippen LogP contribution in [0.15, 0.2) is 85.2 Å². The van der Waals surface area contributed by atoms with Gasteiger partial charge < -0.3 is 9.30 Å². The van der Waals surface area contributed by atoms with Crippen molar-refractivity contribution in [3.8, 4) is 0 Å². The van der Waals surface area contributed by atoms with Crippen LogP contribution in [-0.2, 0) is 6.54 Å². The summed E-state index contributed by atoms with van der Waals surface area (Å²) in [4.78, 5) is 19.4. The van der Waals surface area contributed by atoms with Crippen LogP contribution >= 0.6 is 0 Å². The van der Waals surface area contributed by atoms with Crippen molar-refractivity contribution in [1.29, 1.82) is 0 Å². The highest BCUT2D eigenvalue weighted by Crippen LogP contribution is 2.21. The second kappa shape index (κ2) is 6.84. The van der Waals surface area contributed by atoms with E-state index in [1.165, 1.54) is 0 Å². The zero-order valence-electron chi connectivity index (χ0n) is 14.5. The molecule has 0 unspecified atom stereocenters. The minimum atomic E-state index is -0.0259. The molecule has 0 atom stereocenters. The van der Waals surface area contributed by atoms with Gasteiger partial charge in [-0.3, -0.25) is 4.79 Å². The summed E-state index contributed by atoms with van der Waals surface area (Å²) in [6.07, 6.45) is 3.80. The van der Waals surface area contributed by atoms with Crippen molar-refractivity contribution in [2.24, 2.45) is 0 Å². The van der Waals surface area contributed by atoms with Crippen molar-refractivity contribution >= 4 is 17.2 Å². The van der Waals surface area contributed by atoms with Crippen LogP contribution in [0.4, 0.5) is 5.69 Å². The van der Waals surface area contributed by atoms with Crippen molar-refractivity contribution in [2.75, 3.05) is 4.90 Å². The van der Waals surface area contributed by atoms with Crippen LogP contribution in [0.25, 0.3) is 5.65 Å². The zero-order chi connectivity index (χ0) is 17.9. The highest BCUT2D eigenvalue weighted by atomic mass is 16.2. The van der Waals surface area contributed by atoms with Gasteiger partial charge in [-0.1, -0.05) is 42.0 Å². The van der Waals surface area contributed by atoms with Gasteiger partial charge >= 0.3 is 0 Å². The molecule has 0 bridgehead atoms. The predicted molar refractivity (Wildman–Crippen MR) is 103 cm³/mol. The van der Waals surface area contributed by atoms with E-state index in [-0.39, 0.29) is 5.91 Å². The maximum absolute atomic E-state index is 13.2. The summed E-state index contributed by atoms with van der Waals surface area (Å²) < 4.78 is 2.01. The summed E-state index contributed by atoms with van der Waals surface area (Å²) in [7, 11) is 0. The molecule has 0 radical (unpaired) electrons. The molecule has 0 fully saturated rings. The standard InChI is InChI=1S/C22H19N3O/c1-17-10-12-18(13-11-17)22(26)25(19-7-3-2-4-8-19)16-20-15-23-21-9-5-6-14-24(20)21/h2-15H,16H2,1H3. The molecule has 4 nitrogen and oxygen atoms in total. The van der Waals surface area contributed by atoms with Crippen LogP contribution in [0, 0.1) is 6.92 Å². The van der Waals surface area contributed by atoms with Gasteiger partial charge in [0.2, 0.25) is 0 Å². The Hall–Kier alpha value is -3.40. The van der Waals surface area contributed by atoms with Gasteiger partial charge in [0.1, 0.15) is 5.65 Å². The highest BCUT2D eigenvalue weighted by Gasteiger charge is 2.19. The molecule has 4 heteroatoms. The van der Waals surface area contributed by atoms with Gasteiger partial charge in [0.05, 0.1) is 18.4 Å². The zero-order valence-corrected chi connectivity index (χ0v) is 14.5. The van der Waals surface area contributed by atoms with Gasteiger partial charge in [-0.15, -0.1) is 0 Å². The molecule has 4 rings (SSSR count). The Morgan fingerprint density at radius 1 is 0.962 bits per heavy atom. The number of anilines is 1. The Labute approximate surface area is 152 Å². The number of aryl methyl sites for hydroxylation is 1. The fourth-order valence-electron chi connectivity index (χ4n) is 3.00. The summed E-state index contributed by atoms with van der Waals surface area (Å²) in [5, 5.41) is 0. The maximum Gasteiger partial charge on any atom is 0.258 e. The molecule has 1 amide bonds. The largest absolute Gasteiger partial charge is 0.302 e. The number of rotatable bonds is 4.